The van der Waals surface area contributed by atoms with Gasteiger partial charge < -0.3 is 14.8 Å². The van der Waals surface area contributed by atoms with Crippen LogP contribution < -0.4 is 14.8 Å². The molecule has 6 nitrogen and oxygen atoms in total. The van der Waals surface area contributed by atoms with E-state index in [1.165, 1.54) is 5.56 Å². The van der Waals surface area contributed by atoms with Crippen molar-refractivity contribution < 1.29 is 19.1 Å². The van der Waals surface area contributed by atoms with E-state index < -0.39 is 0 Å². The molecule has 0 aromatic heterocycles. The predicted octanol–water partition coefficient (Wildman–Crippen LogP) is 3.93. The van der Waals surface area contributed by atoms with Crippen LogP contribution in [-0.4, -0.2) is 49.4 Å². The largest absolute Gasteiger partial charge is 0.486 e. The fraction of sp³-hybridized carbons (Fsp3) is 0.462. The van der Waals surface area contributed by atoms with Crippen LogP contribution in [0.5, 0.6) is 11.5 Å². The number of nitrogens with zero attached hydrogens (tertiary/aromatic N) is 1. The van der Waals surface area contributed by atoms with Crippen LogP contribution in [0.2, 0.25) is 0 Å². The molecule has 0 radical (unpaired) electrons. The normalized spacial score (nSPS) is 17.6. The van der Waals surface area contributed by atoms with E-state index in [0.717, 1.165) is 37.9 Å². The minimum Gasteiger partial charge on any atom is -0.486 e. The maximum absolute atomic E-state index is 13.0. The Kier molecular flexibility index (Phi) is 7.10. The number of hydrogen-bond acceptors (Lipinski definition) is 5. The SMILES string of the molecule is CC[C@@H](NC(=O)CN1CCC(C(=O)c2ccc3c(c2)OCCO3)CC1)c1ccc(C)cc1. The summed E-state index contributed by atoms with van der Waals surface area (Å²) in [6.07, 6.45) is 2.37. The van der Waals surface area contributed by atoms with Crippen molar-refractivity contribution in [3.63, 3.8) is 0 Å². The van der Waals surface area contributed by atoms with Crippen LogP contribution in [0.3, 0.4) is 0 Å². The number of carbonyl (C=O) groups excluding carboxylic acids is 2. The van der Waals surface area contributed by atoms with E-state index in [1.807, 2.05) is 12.1 Å². The molecule has 4 rings (SSSR count). The van der Waals surface area contributed by atoms with Gasteiger partial charge in [-0.3, -0.25) is 14.5 Å². The van der Waals surface area contributed by atoms with Gasteiger partial charge in [-0.05, 0) is 63.0 Å². The van der Waals surface area contributed by atoms with Crippen molar-refractivity contribution in [2.24, 2.45) is 5.92 Å². The van der Waals surface area contributed by atoms with Gasteiger partial charge in [-0.2, -0.15) is 0 Å². The average molecular weight is 437 g/mol. The molecule has 2 aromatic carbocycles. The van der Waals surface area contributed by atoms with Crippen LogP contribution in [0.15, 0.2) is 42.5 Å². The van der Waals surface area contributed by atoms with Crippen molar-refractivity contribution in [2.45, 2.75) is 39.2 Å². The molecule has 2 aromatic rings. The molecule has 2 heterocycles. The molecule has 170 valence electrons. The second-order valence-electron chi connectivity index (χ2n) is 8.71. The summed E-state index contributed by atoms with van der Waals surface area (Å²) in [6, 6.07) is 13.8. The number of fused-ring (bicyclic) bond motifs is 1. The van der Waals surface area contributed by atoms with Gasteiger partial charge in [0.25, 0.3) is 0 Å². The lowest BCUT2D eigenvalue weighted by molar-refractivity contribution is -0.123. The first-order valence-electron chi connectivity index (χ1n) is 11.6. The van der Waals surface area contributed by atoms with Crippen LogP contribution in [0.4, 0.5) is 0 Å². The van der Waals surface area contributed by atoms with Crippen molar-refractivity contribution in [3.05, 3.63) is 59.2 Å². The second kappa shape index (κ2) is 10.2. The fourth-order valence-corrected chi connectivity index (χ4v) is 4.45. The number of Topliss-reactive ketones (excluding diaryl/α,β-unsaturated/α-hetero) is 1. The molecule has 6 heteroatoms. The Bertz CT molecular complexity index is 949. The number of benzene rings is 2. The lowest BCUT2D eigenvalue weighted by Crippen LogP contribution is -2.43. The number of likely N-dealkylation sites (tertiary alicyclic amines) is 1. The van der Waals surface area contributed by atoms with E-state index >= 15 is 0 Å². The first-order valence-corrected chi connectivity index (χ1v) is 11.6. The van der Waals surface area contributed by atoms with Crippen molar-refractivity contribution in [1.29, 1.82) is 0 Å². The molecule has 2 aliphatic heterocycles. The Labute approximate surface area is 189 Å². The summed E-state index contributed by atoms with van der Waals surface area (Å²) >= 11 is 0. The molecule has 1 atom stereocenters. The Balaban J connectivity index is 1.27. The molecule has 1 amide bonds. The summed E-state index contributed by atoms with van der Waals surface area (Å²) in [7, 11) is 0. The Hall–Kier alpha value is -2.86. The molecule has 0 unspecified atom stereocenters. The smallest absolute Gasteiger partial charge is 0.234 e. The van der Waals surface area contributed by atoms with Crippen LogP contribution in [0.1, 0.15) is 53.7 Å². The molecule has 0 spiro atoms. The van der Waals surface area contributed by atoms with Crippen LogP contribution in [-0.2, 0) is 4.79 Å². The number of ether oxygens (including phenoxy) is 2. The molecule has 0 bridgehead atoms. The van der Waals surface area contributed by atoms with E-state index in [0.29, 0.717) is 36.8 Å². The highest BCUT2D eigenvalue weighted by Crippen LogP contribution is 2.32. The van der Waals surface area contributed by atoms with Gasteiger partial charge in [-0.25, -0.2) is 0 Å². The van der Waals surface area contributed by atoms with Gasteiger partial charge in [0.05, 0.1) is 12.6 Å². The molecule has 2 aliphatic rings. The third-order valence-electron chi connectivity index (χ3n) is 6.38. The van der Waals surface area contributed by atoms with Gasteiger partial charge in [0.1, 0.15) is 13.2 Å². The number of aryl methyl sites for hydroxylation is 1. The van der Waals surface area contributed by atoms with Crippen LogP contribution in [0, 0.1) is 12.8 Å². The van der Waals surface area contributed by atoms with Crippen molar-refractivity contribution in [3.8, 4) is 11.5 Å². The standard InChI is InChI=1S/C26H32N2O4/c1-3-22(19-6-4-18(2)5-7-19)27-25(29)17-28-12-10-20(11-13-28)26(30)21-8-9-23-24(16-21)32-15-14-31-23/h4-9,16,20,22H,3,10-15,17H2,1-2H3,(H,27,29)/t22-/m1/s1. The van der Waals surface area contributed by atoms with Gasteiger partial charge in [0, 0.05) is 11.5 Å². The third-order valence-corrected chi connectivity index (χ3v) is 6.38. The Morgan fingerprint density at radius 2 is 1.72 bits per heavy atom. The van der Waals surface area contributed by atoms with Crippen LogP contribution in [0.25, 0.3) is 0 Å². The second-order valence-corrected chi connectivity index (χ2v) is 8.71. The van der Waals surface area contributed by atoms with E-state index in [1.54, 1.807) is 6.07 Å². The predicted molar refractivity (Wildman–Crippen MR) is 123 cm³/mol. The molecular weight excluding hydrogens is 404 g/mol. The van der Waals surface area contributed by atoms with Gasteiger partial charge >= 0.3 is 0 Å². The highest BCUT2D eigenvalue weighted by atomic mass is 16.6. The maximum Gasteiger partial charge on any atom is 0.234 e. The number of ketones is 1. The summed E-state index contributed by atoms with van der Waals surface area (Å²) in [5, 5.41) is 3.17. The zero-order chi connectivity index (χ0) is 22.5. The zero-order valence-electron chi connectivity index (χ0n) is 18.9. The van der Waals surface area contributed by atoms with Crippen LogP contribution >= 0.6 is 0 Å². The van der Waals surface area contributed by atoms with Gasteiger partial charge in [-0.15, -0.1) is 0 Å². The minimum atomic E-state index is -0.0205. The monoisotopic (exact) mass is 436 g/mol. The Morgan fingerprint density at radius 1 is 1.03 bits per heavy atom. The summed E-state index contributed by atoms with van der Waals surface area (Å²) in [4.78, 5) is 27.8. The van der Waals surface area contributed by atoms with Gasteiger partial charge in [-0.1, -0.05) is 36.8 Å². The Morgan fingerprint density at radius 3 is 2.41 bits per heavy atom. The number of rotatable bonds is 7. The summed E-state index contributed by atoms with van der Waals surface area (Å²) in [5.74, 6) is 1.51. The van der Waals surface area contributed by atoms with Gasteiger partial charge in [0.15, 0.2) is 17.3 Å². The van der Waals surface area contributed by atoms with E-state index in [-0.39, 0.29) is 23.7 Å². The molecular formula is C26H32N2O4. The molecule has 0 saturated carbocycles. The van der Waals surface area contributed by atoms with E-state index in [9.17, 15) is 9.59 Å². The summed E-state index contributed by atoms with van der Waals surface area (Å²) in [6.45, 7) is 7.05. The third kappa shape index (κ3) is 5.30. The highest BCUT2D eigenvalue weighted by Gasteiger charge is 2.28. The summed E-state index contributed by atoms with van der Waals surface area (Å²) in [5.41, 5.74) is 3.02. The number of carbonyl (C=O) groups is 2. The van der Waals surface area contributed by atoms with Crippen molar-refractivity contribution >= 4 is 11.7 Å². The van der Waals surface area contributed by atoms with E-state index in [4.69, 9.17) is 9.47 Å². The first kappa shape index (κ1) is 22.3. The first-order chi connectivity index (χ1) is 15.5. The number of hydrogen-bond donors (Lipinski definition) is 1. The molecule has 1 fully saturated rings. The lowest BCUT2D eigenvalue weighted by atomic mass is 9.88. The number of piperidine rings is 1. The highest BCUT2D eigenvalue weighted by molar-refractivity contribution is 5.98. The lowest BCUT2D eigenvalue weighted by Gasteiger charge is -2.31. The quantitative estimate of drug-likeness (QED) is 0.666. The van der Waals surface area contributed by atoms with Crippen molar-refractivity contribution in [2.75, 3.05) is 32.8 Å². The van der Waals surface area contributed by atoms with Gasteiger partial charge in [0.2, 0.25) is 5.91 Å². The molecule has 1 N–H and O–H groups in total. The fourth-order valence-electron chi connectivity index (χ4n) is 4.45. The van der Waals surface area contributed by atoms with Crippen molar-refractivity contribution in [1.82, 2.24) is 10.2 Å². The molecule has 1 saturated heterocycles. The topological polar surface area (TPSA) is 67.9 Å². The number of amides is 1. The zero-order valence-corrected chi connectivity index (χ0v) is 18.9. The number of nitrogens with one attached hydrogen (secondary N) is 1. The minimum absolute atomic E-state index is 0.0205. The average Bonchev–Trinajstić information content (AvgIpc) is 2.83. The summed E-state index contributed by atoms with van der Waals surface area (Å²) < 4.78 is 11.2. The molecule has 32 heavy (non-hydrogen) atoms. The van der Waals surface area contributed by atoms with E-state index in [2.05, 4.69) is 48.3 Å². The molecule has 0 aliphatic carbocycles. The maximum atomic E-state index is 13.0.